The fourth-order valence-electron chi connectivity index (χ4n) is 1.28. The lowest BCUT2D eigenvalue weighted by atomic mass is 10.2. The fourth-order valence-corrected chi connectivity index (χ4v) is 1.53. The van der Waals surface area contributed by atoms with Crippen molar-refractivity contribution in [2.45, 2.75) is 26.5 Å². The summed E-state index contributed by atoms with van der Waals surface area (Å²) < 4.78 is 5.54. The van der Waals surface area contributed by atoms with Crippen molar-refractivity contribution in [2.75, 3.05) is 6.54 Å². The second-order valence-corrected chi connectivity index (χ2v) is 4.15. The Hall–Kier alpha value is -0.880. The minimum Gasteiger partial charge on any atom is -0.489 e. The van der Waals surface area contributed by atoms with Crippen molar-refractivity contribution in [1.82, 2.24) is 5.32 Å². The molecule has 0 atom stereocenters. The first-order chi connectivity index (χ1) is 7.63. The van der Waals surface area contributed by atoms with Crippen LogP contribution in [0.5, 0.6) is 5.75 Å². The van der Waals surface area contributed by atoms with Gasteiger partial charge in [-0.2, -0.15) is 0 Å². The zero-order valence-electron chi connectivity index (χ0n) is 10.00. The Kier molecular flexibility index (Phi) is 7.82. The highest BCUT2D eigenvalue weighted by Gasteiger charge is 2.04. The van der Waals surface area contributed by atoms with Crippen LogP contribution in [0.1, 0.15) is 19.4 Å². The van der Waals surface area contributed by atoms with Crippen LogP contribution < -0.4 is 10.1 Å². The first kappa shape index (κ1) is 16.1. The van der Waals surface area contributed by atoms with Crippen molar-refractivity contribution >= 4 is 24.0 Å². The molecular weight excluding hydrogens is 257 g/mol. The van der Waals surface area contributed by atoms with Gasteiger partial charge in [-0.1, -0.05) is 23.6 Å². The molecule has 0 aliphatic carbocycles. The Morgan fingerprint density at radius 3 is 2.71 bits per heavy atom. The molecule has 0 radical (unpaired) electrons. The number of nitrogens with one attached hydrogen (secondary N) is 1. The van der Waals surface area contributed by atoms with Gasteiger partial charge in [-0.15, -0.1) is 18.8 Å². The average molecular weight is 274 g/mol. The molecule has 0 bridgehead atoms. The fraction of sp³-hybridized carbons (Fsp3) is 0.385. The lowest BCUT2D eigenvalue weighted by Crippen LogP contribution is -2.13. The van der Waals surface area contributed by atoms with Crippen LogP contribution in [0.3, 0.4) is 0 Å². The summed E-state index contributed by atoms with van der Waals surface area (Å²) in [4.78, 5) is 0. The van der Waals surface area contributed by atoms with Crippen LogP contribution in [0.2, 0.25) is 5.02 Å². The molecule has 1 rings (SSSR count). The third-order valence-corrected chi connectivity index (χ3v) is 2.21. The number of hydrogen-bond donors (Lipinski definition) is 1. The summed E-state index contributed by atoms with van der Waals surface area (Å²) in [5, 5.41) is 3.74. The number of hydrogen-bond acceptors (Lipinski definition) is 2. The first-order valence-corrected chi connectivity index (χ1v) is 5.60. The Bertz CT molecular complexity index is 385. The Morgan fingerprint density at radius 2 is 2.18 bits per heavy atom. The van der Waals surface area contributed by atoms with E-state index in [0.29, 0.717) is 18.1 Å². The van der Waals surface area contributed by atoms with Gasteiger partial charge in [-0.25, -0.2) is 0 Å². The van der Waals surface area contributed by atoms with Crippen molar-refractivity contribution in [2.24, 2.45) is 0 Å². The maximum atomic E-state index is 6.09. The van der Waals surface area contributed by atoms with E-state index in [1.54, 1.807) is 0 Å². The molecule has 0 heterocycles. The third-order valence-electron chi connectivity index (χ3n) is 1.92. The van der Waals surface area contributed by atoms with E-state index in [4.69, 9.17) is 22.8 Å². The largest absolute Gasteiger partial charge is 0.489 e. The molecule has 1 N–H and O–H groups in total. The molecule has 2 nitrogen and oxygen atoms in total. The first-order valence-electron chi connectivity index (χ1n) is 5.22. The zero-order valence-corrected chi connectivity index (χ0v) is 11.6. The molecular formula is C13H17Cl2NO. The van der Waals surface area contributed by atoms with Crippen LogP contribution in [0.25, 0.3) is 0 Å². The van der Waals surface area contributed by atoms with E-state index in [0.717, 1.165) is 11.3 Å². The smallest absolute Gasteiger partial charge is 0.138 e. The zero-order chi connectivity index (χ0) is 12.0. The van der Waals surface area contributed by atoms with Gasteiger partial charge in [0.2, 0.25) is 0 Å². The van der Waals surface area contributed by atoms with Gasteiger partial charge in [0.1, 0.15) is 5.75 Å². The van der Waals surface area contributed by atoms with Crippen LogP contribution >= 0.6 is 24.0 Å². The van der Waals surface area contributed by atoms with Crippen molar-refractivity contribution in [1.29, 1.82) is 0 Å². The maximum absolute atomic E-state index is 6.09. The third kappa shape index (κ3) is 5.83. The summed E-state index contributed by atoms with van der Waals surface area (Å²) in [5.41, 5.74) is 1.09. The van der Waals surface area contributed by atoms with Crippen molar-refractivity contribution < 1.29 is 4.74 Å². The SMILES string of the molecule is C#CCNCc1ccc(OC(C)C)c(Cl)c1.Cl. The lowest BCUT2D eigenvalue weighted by molar-refractivity contribution is 0.242. The Morgan fingerprint density at radius 1 is 1.47 bits per heavy atom. The molecule has 0 fully saturated rings. The molecule has 1 aromatic carbocycles. The Labute approximate surface area is 114 Å². The highest BCUT2D eigenvalue weighted by atomic mass is 35.5. The van der Waals surface area contributed by atoms with Crippen molar-refractivity contribution in [3.05, 3.63) is 28.8 Å². The normalized spacial score (nSPS) is 9.59. The molecule has 1 aromatic rings. The maximum Gasteiger partial charge on any atom is 0.138 e. The summed E-state index contributed by atoms with van der Waals surface area (Å²) in [7, 11) is 0. The molecule has 0 aliphatic rings. The van der Waals surface area contributed by atoms with E-state index in [1.807, 2.05) is 32.0 Å². The lowest BCUT2D eigenvalue weighted by Gasteiger charge is -2.12. The average Bonchev–Trinajstić information content (AvgIpc) is 2.22. The second-order valence-electron chi connectivity index (χ2n) is 3.74. The number of benzene rings is 1. The van der Waals surface area contributed by atoms with Crippen LogP contribution in [0, 0.1) is 12.3 Å². The summed E-state index contributed by atoms with van der Waals surface area (Å²) in [6.07, 6.45) is 5.27. The highest BCUT2D eigenvalue weighted by Crippen LogP contribution is 2.26. The number of terminal acetylenes is 1. The van der Waals surface area contributed by atoms with Crippen LogP contribution in [-0.4, -0.2) is 12.6 Å². The molecule has 0 aliphatic heterocycles. The van der Waals surface area contributed by atoms with Gasteiger partial charge >= 0.3 is 0 Å². The molecule has 94 valence electrons. The molecule has 0 amide bonds. The van der Waals surface area contributed by atoms with Crippen LogP contribution in [-0.2, 0) is 6.54 Å². The Balaban J connectivity index is 0.00000256. The number of ether oxygens (including phenoxy) is 1. The monoisotopic (exact) mass is 273 g/mol. The van der Waals surface area contributed by atoms with E-state index < -0.39 is 0 Å². The van der Waals surface area contributed by atoms with E-state index in [9.17, 15) is 0 Å². The predicted octanol–water partition coefficient (Wildman–Crippen LogP) is 3.27. The topological polar surface area (TPSA) is 21.3 Å². The van der Waals surface area contributed by atoms with Crippen molar-refractivity contribution in [3.63, 3.8) is 0 Å². The second kappa shape index (κ2) is 8.25. The molecule has 0 saturated heterocycles. The molecule has 0 saturated carbocycles. The highest BCUT2D eigenvalue weighted by molar-refractivity contribution is 6.32. The number of halogens is 2. The van der Waals surface area contributed by atoms with E-state index in [-0.39, 0.29) is 18.5 Å². The van der Waals surface area contributed by atoms with Crippen molar-refractivity contribution in [3.8, 4) is 18.1 Å². The molecule has 0 unspecified atom stereocenters. The minimum atomic E-state index is 0. The molecule has 0 aromatic heterocycles. The molecule has 17 heavy (non-hydrogen) atoms. The van der Waals surface area contributed by atoms with Gasteiger partial charge in [0.05, 0.1) is 17.7 Å². The van der Waals surface area contributed by atoms with Gasteiger partial charge in [-0.3, -0.25) is 0 Å². The van der Waals surface area contributed by atoms with Gasteiger partial charge < -0.3 is 10.1 Å². The van der Waals surface area contributed by atoms with E-state index >= 15 is 0 Å². The standard InChI is InChI=1S/C13H16ClNO.ClH/c1-4-7-15-9-11-5-6-13(12(14)8-11)16-10(2)3;/h1,5-6,8,10,15H,7,9H2,2-3H3;1H. The van der Waals surface area contributed by atoms with Gasteiger partial charge in [0, 0.05) is 6.54 Å². The van der Waals surface area contributed by atoms with E-state index in [2.05, 4.69) is 11.2 Å². The van der Waals surface area contributed by atoms with Crippen LogP contribution in [0.15, 0.2) is 18.2 Å². The summed E-state index contributed by atoms with van der Waals surface area (Å²) in [5.74, 6) is 3.24. The summed E-state index contributed by atoms with van der Waals surface area (Å²) in [6, 6.07) is 5.76. The minimum absolute atomic E-state index is 0. The summed E-state index contributed by atoms with van der Waals surface area (Å²) >= 11 is 6.09. The summed E-state index contributed by atoms with van der Waals surface area (Å²) in [6.45, 7) is 5.21. The van der Waals surface area contributed by atoms with Crippen LogP contribution in [0.4, 0.5) is 0 Å². The van der Waals surface area contributed by atoms with Gasteiger partial charge in [0.15, 0.2) is 0 Å². The molecule has 0 spiro atoms. The van der Waals surface area contributed by atoms with Gasteiger partial charge in [-0.05, 0) is 31.5 Å². The molecule has 4 heteroatoms. The number of rotatable bonds is 5. The van der Waals surface area contributed by atoms with Gasteiger partial charge in [0.25, 0.3) is 0 Å². The van der Waals surface area contributed by atoms with E-state index in [1.165, 1.54) is 0 Å². The predicted molar refractivity (Wildman–Crippen MR) is 75.0 cm³/mol. The quantitative estimate of drug-likeness (QED) is 0.657.